The molecular formula is C18H26N10O6. The summed E-state index contributed by atoms with van der Waals surface area (Å²) in [6.45, 7) is 0.630. The number of aliphatic hydroxyl groups is 3. The van der Waals surface area contributed by atoms with Crippen molar-refractivity contribution < 1.29 is 20.1 Å². The van der Waals surface area contributed by atoms with E-state index >= 15 is 0 Å². The van der Waals surface area contributed by atoms with Crippen LogP contribution in [0.2, 0.25) is 0 Å². The highest BCUT2D eigenvalue weighted by atomic mass is 16.5. The van der Waals surface area contributed by atoms with Crippen molar-refractivity contribution in [3.05, 3.63) is 33.4 Å². The quantitative estimate of drug-likeness (QED) is 0.122. The third kappa shape index (κ3) is 5.73. The number of hydrogen-bond acceptors (Lipinski definition) is 12. The topological polar surface area (TPSA) is 249 Å². The van der Waals surface area contributed by atoms with E-state index in [0.29, 0.717) is 24.3 Å². The third-order valence-electron chi connectivity index (χ3n) is 4.75. The first-order chi connectivity index (χ1) is 16.4. The van der Waals surface area contributed by atoms with Crippen LogP contribution in [0.25, 0.3) is 22.3 Å². The molecule has 0 aliphatic rings. The summed E-state index contributed by atoms with van der Waals surface area (Å²) in [5.41, 5.74) is 11.3. The van der Waals surface area contributed by atoms with Gasteiger partial charge in [0, 0.05) is 25.7 Å². The number of nitrogens with zero attached hydrogens (tertiary/aromatic N) is 6. The zero-order valence-corrected chi connectivity index (χ0v) is 18.1. The van der Waals surface area contributed by atoms with Crippen molar-refractivity contribution in [3.8, 4) is 0 Å². The van der Waals surface area contributed by atoms with Crippen LogP contribution in [0.3, 0.4) is 0 Å². The standard InChI is InChI=1S/C10H15N5O3.C8H11N5O3/c11-10-13-8-7(9(18)14-10)12-5-15(8)2-1-6(3-16)4-17;9-8-11-6-5(7(15)12-8)10-3-13(6)4-16-2-1-14/h5-6,16-17H,1-4H2,(H3,11,13,14,18);3,14H,1-2,4H2,(H3,9,11,12,15). The van der Waals surface area contributed by atoms with E-state index in [4.69, 9.17) is 31.5 Å². The van der Waals surface area contributed by atoms with Gasteiger partial charge in [0.1, 0.15) is 6.73 Å². The van der Waals surface area contributed by atoms with E-state index in [0.717, 1.165) is 0 Å². The molecule has 0 unspecified atom stereocenters. The van der Waals surface area contributed by atoms with E-state index in [1.54, 1.807) is 4.57 Å². The normalized spacial score (nSPS) is 11.3. The lowest BCUT2D eigenvalue weighted by Gasteiger charge is -2.10. The van der Waals surface area contributed by atoms with E-state index < -0.39 is 0 Å². The highest BCUT2D eigenvalue weighted by molar-refractivity contribution is 5.71. The van der Waals surface area contributed by atoms with Gasteiger partial charge in [-0.15, -0.1) is 0 Å². The molecule has 0 radical (unpaired) electrons. The minimum Gasteiger partial charge on any atom is -0.396 e. The molecule has 34 heavy (non-hydrogen) atoms. The zero-order chi connectivity index (χ0) is 24.7. The molecule has 0 fully saturated rings. The maximum atomic E-state index is 11.5. The molecule has 16 heteroatoms. The largest absolute Gasteiger partial charge is 0.396 e. The Kier molecular flexibility index (Phi) is 8.25. The SMILES string of the molecule is Nc1nc2c(ncn2CCC(CO)CO)c(=O)[nH]1.Nc1nc2c(ncn2COCCO)c(=O)[nH]1. The Morgan fingerprint density at radius 2 is 1.44 bits per heavy atom. The number of nitrogens with two attached hydrogens (primary N) is 2. The fourth-order valence-electron chi connectivity index (χ4n) is 2.99. The molecule has 0 atom stereocenters. The molecule has 0 saturated carbocycles. The van der Waals surface area contributed by atoms with E-state index in [1.165, 1.54) is 17.2 Å². The fraction of sp³-hybridized carbons (Fsp3) is 0.444. The van der Waals surface area contributed by atoms with Crippen molar-refractivity contribution in [2.24, 2.45) is 5.92 Å². The van der Waals surface area contributed by atoms with Gasteiger partial charge in [-0.2, -0.15) is 9.97 Å². The fourth-order valence-corrected chi connectivity index (χ4v) is 2.99. The summed E-state index contributed by atoms with van der Waals surface area (Å²) >= 11 is 0. The molecule has 0 aliphatic carbocycles. The van der Waals surface area contributed by atoms with Gasteiger partial charge < -0.3 is 36.1 Å². The number of nitrogen functional groups attached to an aromatic ring is 2. The van der Waals surface area contributed by atoms with Crippen LogP contribution in [0, 0.1) is 5.92 Å². The number of nitrogens with one attached hydrogen (secondary N) is 2. The second-order valence-corrected chi connectivity index (χ2v) is 7.18. The smallest absolute Gasteiger partial charge is 0.280 e. The molecule has 184 valence electrons. The third-order valence-corrected chi connectivity index (χ3v) is 4.75. The molecule has 0 aromatic carbocycles. The molecule has 0 spiro atoms. The first-order valence-corrected chi connectivity index (χ1v) is 10.2. The van der Waals surface area contributed by atoms with Crippen LogP contribution in [0.1, 0.15) is 6.42 Å². The van der Waals surface area contributed by atoms with Gasteiger partial charge in [-0.05, 0) is 6.42 Å². The summed E-state index contributed by atoms with van der Waals surface area (Å²) in [6, 6.07) is 0. The van der Waals surface area contributed by atoms with Crippen LogP contribution >= 0.6 is 0 Å². The Morgan fingerprint density at radius 1 is 0.912 bits per heavy atom. The summed E-state index contributed by atoms with van der Waals surface area (Å²) in [7, 11) is 0. The molecule has 4 aromatic heterocycles. The number of hydrogen-bond donors (Lipinski definition) is 7. The highest BCUT2D eigenvalue weighted by Gasteiger charge is 2.12. The van der Waals surface area contributed by atoms with Gasteiger partial charge in [0.15, 0.2) is 22.3 Å². The number of H-pyrrole nitrogens is 2. The molecule has 4 heterocycles. The average molecular weight is 478 g/mol. The zero-order valence-electron chi connectivity index (χ0n) is 18.1. The number of aromatic nitrogens is 8. The second-order valence-electron chi connectivity index (χ2n) is 7.18. The van der Waals surface area contributed by atoms with Gasteiger partial charge in [-0.1, -0.05) is 0 Å². The number of aromatic amines is 2. The summed E-state index contributed by atoms with van der Waals surface area (Å²) in [5, 5.41) is 26.5. The first kappa shape index (κ1) is 24.8. The minimum absolute atomic E-state index is 0.0291. The Labute approximate surface area is 190 Å². The lowest BCUT2D eigenvalue weighted by atomic mass is 10.1. The van der Waals surface area contributed by atoms with E-state index in [2.05, 4.69) is 29.9 Å². The highest BCUT2D eigenvalue weighted by Crippen LogP contribution is 2.10. The molecule has 0 amide bonds. The van der Waals surface area contributed by atoms with Crippen molar-refractivity contribution in [3.63, 3.8) is 0 Å². The van der Waals surface area contributed by atoms with Gasteiger partial charge in [-0.3, -0.25) is 24.1 Å². The lowest BCUT2D eigenvalue weighted by molar-refractivity contribution is 0.0499. The second kappa shape index (κ2) is 11.3. The number of imidazole rings is 2. The Morgan fingerprint density at radius 3 is 1.97 bits per heavy atom. The molecule has 9 N–H and O–H groups in total. The van der Waals surface area contributed by atoms with Gasteiger partial charge in [-0.25, -0.2) is 9.97 Å². The number of fused-ring (bicyclic) bond motifs is 2. The van der Waals surface area contributed by atoms with Crippen molar-refractivity contribution >= 4 is 34.2 Å². The molecule has 0 saturated heterocycles. The number of aliphatic hydroxyl groups excluding tert-OH is 3. The predicted octanol–water partition coefficient (Wildman–Crippen LogP) is -2.64. The van der Waals surface area contributed by atoms with E-state index in [-0.39, 0.29) is 73.1 Å². The number of aryl methyl sites for hydroxylation is 1. The first-order valence-electron chi connectivity index (χ1n) is 10.2. The molecular weight excluding hydrogens is 452 g/mol. The molecule has 16 nitrogen and oxygen atoms in total. The maximum Gasteiger partial charge on any atom is 0.280 e. The Balaban J connectivity index is 0.000000192. The minimum atomic E-state index is -0.386. The summed E-state index contributed by atoms with van der Waals surface area (Å²) in [6.07, 6.45) is 3.49. The summed E-state index contributed by atoms with van der Waals surface area (Å²) in [5.74, 6) is -0.127. The average Bonchev–Trinajstić information content (AvgIpc) is 3.40. The molecule has 0 aliphatic heterocycles. The lowest BCUT2D eigenvalue weighted by Crippen LogP contribution is -2.15. The molecule has 0 bridgehead atoms. The summed E-state index contributed by atoms with van der Waals surface area (Å²) in [4.78, 5) is 43.5. The van der Waals surface area contributed by atoms with Crippen molar-refractivity contribution in [1.29, 1.82) is 0 Å². The van der Waals surface area contributed by atoms with Crippen LogP contribution in [0.15, 0.2) is 22.2 Å². The van der Waals surface area contributed by atoms with Gasteiger partial charge >= 0.3 is 0 Å². The van der Waals surface area contributed by atoms with Crippen molar-refractivity contribution in [1.82, 2.24) is 39.0 Å². The van der Waals surface area contributed by atoms with Gasteiger partial charge in [0.2, 0.25) is 11.9 Å². The van der Waals surface area contributed by atoms with Crippen LogP contribution in [0.5, 0.6) is 0 Å². The molecule has 4 aromatic rings. The number of rotatable bonds is 9. The Bertz CT molecular complexity index is 1340. The van der Waals surface area contributed by atoms with Crippen LogP contribution in [-0.2, 0) is 18.0 Å². The van der Waals surface area contributed by atoms with Gasteiger partial charge in [0.05, 0.1) is 25.9 Å². The maximum absolute atomic E-state index is 11.5. The molecule has 4 rings (SSSR count). The number of anilines is 2. The van der Waals surface area contributed by atoms with Crippen molar-refractivity contribution in [2.75, 3.05) is 37.9 Å². The Hall–Kier alpha value is -3.86. The van der Waals surface area contributed by atoms with Crippen LogP contribution in [0.4, 0.5) is 11.9 Å². The van der Waals surface area contributed by atoms with E-state index in [1.807, 2.05) is 0 Å². The van der Waals surface area contributed by atoms with E-state index in [9.17, 15) is 9.59 Å². The van der Waals surface area contributed by atoms with Gasteiger partial charge in [0.25, 0.3) is 11.1 Å². The summed E-state index contributed by atoms with van der Waals surface area (Å²) < 4.78 is 8.31. The van der Waals surface area contributed by atoms with Crippen LogP contribution in [-0.4, -0.2) is 80.8 Å². The predicted molar refractivity (Wildman–Crippen MR) is 120 cm³/mol. The monoisotopic (exact) mass is 478 g/mol. The van der Waals surface area contributed by atoms with Crippen LogP contribution < -0.4 is 22.6 Å². The number of ether oxygens (including phenoxy) is 1. The van der Waals surface area contributed by atoms with Crippen molar-refractivity contribution in [2.45, 2.75) is 19.7 Å².